The summed E-state index contributed by atoms with van der Waals surface area (Å²) in [5.41, 5.74) is 1.52. The molecule has 1 fully saturated rings. The van der Waals surface area contributed by atoms with E-state index in [0.29, 0.717) is 59.2 Å². The van der Waals surface area contributed by atoms with Gasteiger partial charge < -0.3 is 19.9 Å². The summed E-state index contributed by atoms with van der Waals surface area (Å²) in [6.45, 7) is 4.31. The molecule has 0 aliphatic carbocycles. The number of pyridine rings is 1. The van der Waals surface area contributed by atoms with Crippen LogP contribution in [0.4, 0.5) is 14.7 Å². The van der Waals surface area contributed by atoms with Gasteiger partial charge in [0.05, 0.1) is 11.3 Å². The van der Waals surface area contributed by atoms with E-state index < -0.39 is 27.3 Å². The molecule has 0 spiro atoms. The normalized spacial score (nSPS) is 17.4. The predicted octanol–water partition coefficient (Wildman–Crippen LogP) is 5.14. The molecule has 5 aromatic rings. The molecule has 1 aliphatic rings. The van der Waals surface area contributed by atoms with Crippen LogP contribution in [0.2, 0.25) is 0 Å². The summed E-state index contributed by atoms with van der Waals surface area (Å²) in [5, 5.41) is 14.7. The molecule has 0 amide bonds. The minimum Gasteiger partial charge on any atom is -0.437 e. The minimum absolute atomic E-state index is 0. The van der Waals surface area contributed by atoms with Gasteiger partial charge in [0.15, 0.2) is 0 Å². The van der Waals surface area contributed by atoms with Gasteiger partial charge in [0.1, 0.15) is 34.4 Å². The lowest BCUT2D eigenvalue weighted by molar-refractivity contribution is 0.254. The van der Waals surface area contributed by atoms with Gasteiger partial charge in [-0.1, -0.05) is 17.3 Å². The number of halogens is 3. The van der Waals surface area contributed by atoms with E-state index in [-0.39, 0.29) is 41.0 Å². The second-order valence-corrected chi connectivity index (χ2v) is 12.3. The quantitative estimate of drug-likeness (QED) is 0.204. The Bertz CT molecular complexity index is 1960. The highest BCUT2D eigenvalue weighted by molar-refractivity contribution is 7.89. The molecule has 4 heterocycles. The maximum absolute atomic E-state index is 15.5. The van der Waals surface area contributed by atoms with E-state index in [1.807, 2.05) is 6.92 Å². The third-order valence-corrected chi connectivity index (χ3v) is 8.51. The van der Waals surface area contributed by atoms with Gasteiger partial charge in [-0.05, 0) is 55.1 Å². The molecule has 236 valence electrons. The van der Waals surface area contributed by atoms with Crippen molar-refractivity contribution in [1.29, 1.82) is 0 Å². The Kier molecular flexibility index (Phi) is 9.30. The smallest absolute Gasteiger partial charge is 0.228 e. The number of nitrogens with zero attached hydrogens (tertiary/aromatic N) is 4. The lowest BCUT2D eigenvalue weighted by Crippen LogP contribution is -2.44. The van der Waals surface area contributed by atoms with Crippen LogP contribution < -0.4 is 20.5 Å². The molecule has 11 nitrogen and oxygen atoms in total. The van der Waals surface area contributed by atoms with Gasteiger partial charge in [0.2, 0.25) is 21.9 Å². The number of nitrogens with two attached hydrogens (primary N) is 1. The Labute approximate surface area is 264 Å². The van der Waals surface area contributed by atoms with E-state index in [9.17, 15) is 12.8 Å². The second kappa shape index (κ2) is 13.0. The summed E-state index contributed by atoms with van der Waals surface area (Å²) in [6, 6.07) is 12.4. The Morgan fingerprint density at radius 1 is 1.09 bits per heavy atom. The highest BCUT2D eigenvalue weighted by Gasteiger charge is 2.34. The zero-order chi connectivity index (χ0) is 31.0. The molecule has 4 N–H and O–H groups in total. The molecule has 3 atom stereocenters. The average molecular weight is 658 g/mol. The van der Waals surface area contributed by atoms with Crippen LogP contribution in [-0.4, -0.2) is 53.8 Å². The zero-order valence-corrected chi connectivity index (χ0v) is 25.8. The summed E-state index contributed by atoms with van der Waals surface area (Å²) in [7, 11) is -4.37. The van der Waals surface area contributed by atoms with E-state index >= 15 is 4.39 Å². The number of piperidine rings is 1. The Hall–Kier alpha value is -4.24. The first-order valence-corrected chi connectivity index (χ1v) is 15.4. The number of rotatable bonds is 8. The SMILES string of the molecule is Cc1cc(C(c2c(F)ccc3c(Oc4ncccc4-c4ccnc(N[C@@H]5CNC[C@@H](F)C5)n4)c(C)ccc23)S(N)(=O)=O)no1.Cl. The summed E-state index contributed by atoms with van der Waals surface area (Å²) in [6.07, 6.45) is 2.53. The van der Waals surface area contributed by atoms with E-state index in [2.05, 4.69) is 30.7 Å². The van der Waals surface area contributed by atoms with Gasteiger partial charge in [0, 0.05) is 55.0 Å². The fourth-order valence-electron chi connectivity index (χ4n) is 5.40. The molecule has 2 aromatic carbocycles. The van der Waals surface area contributed by atoms with Gasteiger partial charge in [-0.2, -0.15) is 0 Å². The fraction of sp³-hybridized carbons (Fsp3) is 0.267. The minimum atomic E-state index is -4.37. The molecule has 3 aromatic heterocycles. The number of alkyl halides is 1. The summed E-state index contributed by atoms with van der Waals surface area (Å²) in [5.74, 6) is 0.442. The fourth-order valence-corrected chi connectivity index (χ4v) is 6.42. The number of nitrogens with one attached hydrogen (secondary N) is 2. The van der Waals surface area contributed by atoms with Crippen molar-refractivity contribution in [3.05, 3.63) is 89.3 Å². The largest absolute Gasteiger partial charge is 0.437 e. The number of aryl methyl sites for hydroxylation is 2. The second-order valence-electron chi connectivity index (χ2n) is 10.7. The molecular formula is C30H30ClF2N7O4S. The van der Waals surface area contributed by atoms with E-state index in [4.69, 9.17) is 14.4 Å². The monoisotopic (exact) mass is 657 g/mol. The van der Waals surface area contributed by atoms with Crippen LogP contribution in [0.5, 0.6) is 11.6 Å². The lowest BCUT2D eigenvalue weighted by atomic mass is 9.97. The predicted molar refractivity (Wildman–Crippen MR) is 167 cm³/mol. The van der Waals surface area contributed by atoms with Crippen molar-refractivity contribution < 1.29 is 26.5 Å². The van der Waals surface area contributed by atoms with E-state index in [1.165, 1.54) is 18.2 Å². The molecule has 0 bridgehead atoms. The standard InChI is InChI=1S/C30H29F2N7O4S.ClH/c1-16-5-6-20-21(7-8-23(32)26(20)28(44(33,40)41)25-12-17(2)43-39-25)27(16)42-29-22(4-3-10-35-29)24-9-11-36-30(38-24)37-19-13-18(31)14-34-15-19;/h3-12,18-19,28,34H,13-15H2,1-2H3,(H2,33,40,41)(H,36,37,38);1H/t18-,19-,28?;/m0./s1. The van der Waals surface area contributed by atoms with Crippen molar-refractivity contribution in [1.82, 2.24) is 25.4 Å². The number of sulfonamides is 1. The number of hydrogen-bond acceptors (Lipinski definition) is 10. The first-order chi connectivity index (χ1) is 21.1. The maximum atomic E-state index is 15.5. The molecule has 0 radical (unpaired) electrons. The Balaban J connectivity index is 0.00000400. The van der Waals surface area contributed by atoms with Crippen LogP contribution in [0.3, 0.4) is 0 Å². The third kappa shape index (κ3) is 6.73. The lowest BCUT2D eigenvalue weighted by Gasteiger charge is -2.26. The Morgan fingerprint density at radius 3 is 2.62 bits per heavy atom. The molecule has 6 rings (SSSR count). The molecular weight excluding hydrogens is 628 g/mol. The van der Waals surface area contributed by atoms with E-state index in [0.717, 1.165) is 0 Å². The molecule has 1 saturated heterocycles. The number of primary sulfonamides is 1. The zero-order valence-electron chi connectivity index (χ0n) is 24.2. The number of ether oxygens (including phenoxy) is 1. The molecule has 15 heteroatoms. The van der Waals surface area contributed by atoms with Gasteiger partial charge in [-0.3, -0.25) is 0 Å². The topological polar surface area (TPSA) is 158 Å². The van der Waals surface area contributed by atoms with Crippen molar-refractivity contribution >= 4 is 39.2 Å². The number of hydrogen-bond donors (Lipinski definition) is 3. The number of aromatic nitrogens is 4. The van der Waals surface area contributed by atoms with Gasteiger partial charge in [-0.15, -0.1) is 12.4 Å². The van der Waals surface area contributed by atoms with Crippen molar-refractivity contribution in [2.24, 2.45) is 5.14 Å². The molecule has 0 saturated carbocycles. The van der Waals surface area contributed by atoms with Crippen molar-refractivity contribution in [2.75, 3.05) is 18.4 Å². The number of fused-ring (bicyclic) bond motifs is 1. The first-order valence-electron chi connectivity index (χ1n) is 13.8. The van der Waals surface area contributed by atoms with Crippen LogP contribution in [0.15, 0.2) is 65.4 Å². The summed E-state index contributed by atoms with van der Waals surface area (Å²) < 4.78 is 66.5. The highest BCUT2D eigenvalue weighted by atomic mass is 35.5. The average Bonchev–Trinajstić information content (AvgIpc) is 3.41. The van der Waals surface area contributed by atoms with E-state index in [1.54, 1.807) is 49.6 Å². The van der Waals surface area contributed by atoms with Crippen LogP contribution >= 0.6 is 12.4 Å². The number of benzene rings is 2. The maximum Gasteiger partial charge on any atom is 0.228 e. The van der Waals surface area contributed by atoms with Crippen molar-refractivity contribution in [3.63, 3.8) is 0 Å². The van der Waals surface area contributed by atoms with Crippen LogP contribution in [0.25, 0.3) is 22.0 Å². The summed E-state index contributed by atoms with van der Waals surface area (Å²) >= 11 is 0. The molecule has 45 heavy (non-hydrogen) atoms. The first kappa shape index (κ1) is 32.2. The van der Waals surface area contributed by atoms with Gasteiger partial charge >= 0.3 is 0 Å². The molecule has 1 aliphatic heterocycles. The van der Waals surface area contributed by atoms with Crippen LogP contribution in [0, 0.1) is 19.7 Å². The van der Waals surface area contributed by atoms with Gasteiger partial charge in [-0.25, -0.2) is 37.3 Å². The number of anilines is 1. The van der Waals surface area contributed by atoms with Crippen molar-refractivity contribution in [3.8, 4) is 22.9 Å². The highest BCUT2D eigenvalue weighted by Crippen LogP contribution is 2.41. The molecule has 1 unspecified atom stereocenters. The third-order valence-electron chi connectivity index (χ3n) is 7.37. The van der Waals surface area contributed by atoms with Gasteiger partial charge in [0.25, 0.3) is 0 Å². The summed E-state index contributed by atoms with van der Waals surface area (Å²) in [4.78, 5) is 13.4. The van der Waals surface area contributed by atoms with Crippen molar-refractivity contribution in [2.45, 2.75) is 37.7 Å². The van der Waals surface area contributed by atoms with Crippen LogP contribution in [-0.2, 0) is 10.0 Å². The van der Waals surface area contributed by atoms with Crippen LogP contribution in [0.1, 0.15) is 34.3 Å². The Morgan fingerprint density at radius 2 is 1.89 bits per heavy atom.